The number of aliphatic hydroxyl groups excluding tert-OH is 1. The van der Waals surface area contributed by atoms with Crippen molar-refractivity contribution < 1.29 is 13.5 Å². The molecule has 1 aromatic carbocycles. The smallest absolute Gasteiger partial charge is 0.244 e. The molecule has 0 unspecified atom stereocenters. The zero-order valence-corrected chi connectivity index (χ0v) is 12.1. The van der Waals surface area contributed by atoms with Crippen molar-refractivity contribution in [3.63, 3.8) is 0 Å². The second-order valence-electron chi connectivity index (χ2n) is 4.14. The third kappa shape index (κ3) is 4.06. The van der Waals surface area contributed by atoms with E-state index in [4.69, 9.17) is 5.11 Å². The van der Waals surface area contributed by atoms with Gasteiger partial charge in [-0.1, -0.05) is 37.3 Å². The Balaban J connectivity index is 3.14. The summed E-state index contributed by atoms with van der Waals surface area (Å²) in [5.41, 5.74) is 0.417. The maximum absolute atomic E-state index is 12.4. The molecule has 104 valence electrons. The van der Waals surface area contributed by atoms with Crippen molar-refractivity contribution in [2.24, 2.45) is 0 Å². The molecule has 1 N–H and O–H groups in total. The van der Waals surface area contributed by atoms with E-state index < -0.39 is 10.0 Å². The van der Waals surface area contributed by atoms with Crippen LogP contribution in [0.3, 0.4) is 0 Å². The van der Waals surface area contributed by atoms with Crippen LogP contribution >= 0.6 is 0 Å². The van der Waals surface area contributed by atoms with E-state index in [9.17, 15) is 8.42 Å². The molecule has 0 aromatic heterocycles. The van der Waals surface area contributed by atoms with Crippen LogP contribution in [0, 0.1) is 11.8 Å². The topological polar surface area (TPSA) is 57.6 Å². The van der Waals surface area contributed by atoms with Gasteiger partial charge in [-0.05, 0) is 18.6 Å². The van der Waals surface area contributed by atoms with E-state index >= 15 is 0 Å². The summed E-state index contributed by atoms with van der Waals surface area (Å²) >= 11 is 0. The molecule has 0 bridgehead atoms. The van der Waals surface area contributed by atoms with Gasteiger partial charge in [0.15, 0.2) is 0 Å². The molecule has 1 rings (SSSR count). The molecule has 0 aliphatic carbocycles. The molecule has 19 heavy (non-hydrogen) atoms. The fourth-order valence-corrected chi connectivity index (χ4v) is 2.95. The fourth-order valence-electron chi connectivity index (χ4n) is 1.60. The van der Waals surface area contributed by atoms with Crippen molar-refractivity contribution in [1.82, 2.24) is 4.31 Å². The minimum absolute atomic E-state index is 0.189. The Bertz CT molecular complexity index is 570. The zero-order valence-electron chi connectivity index (χ0n) is 11.3. The van der Waals surface area contributed by atoms with Gasteiger partial charge < -0.3 is 5.11 Å². The minimum atomic E-state index is -3.52. The molecule has 1 aromatic rings. The third-order valence-corrected chi connectivity index (χ3v) is 4.62. The highest BCUT2D eigenvalue weighted by atomic mass is 32.2. The fraction of sp³-hybridized carbons (Fsp3) is 0.429. The predicted octanol–water partition coefficient (Wildman–Crippen LogP) is 1.45. The highest BCUT2D eigenvalue weighted by molar-refractivity contribution is 7.89. The summed E-state index contributed by atoms with van der Waals surface area (Å²) in [6.07, 6.45) is 1.76. The summed E-state index contributed by atoms with van der Waals surface area (Å²) in [5.74, 6) is 5.16. The Morgan fingerprint density at radius 1 is 1.32 bits per heavy atom. The Hall–Kier alpha value is -1.35. The van der Waals surface area contributed by atoms with E-state index in [1.54, 1.807) is 31.3 Å². The number of nitrogens with zero attached hydrogens (tertiary/aromatic N) is 1. The van der Waals surface area contributed by atoms with Crippen LogP contribution in [0.5, 0.6) is 0 Å². The first-order valence-corrected chi connectivity index (χ1v) is 7.63. The van der Waals surface area contributed by atoms with Crippen molar-refractivity contribution in [1.29, 1.82) is 0 Å². The van der Waals surface area contributed by atoms with E-state index in [0.717, 1.165) is 12.8 Å². The van der Waals surface area contributed by atoms with Gasteiger partial charge >= 0.3 is 0 Å². The second kappa shape index (κ2) is 7.29. The molecule has 0 fully saturated rings. The molecule has 0 saturated heterocycles. The summed E-state index contributed by atoms with van der Waals surface area (Å²) in [6.45, 7) is 2.21. The van der Waals surface area contributed by atoms with Gasteiger partial charge in [0.2, 0.25) is 10.0 Å². The summed E-state index contributed by atoms with van der Waals surface area (Å²) in [5, 5.41) is 8.71. The van der Waals surface area contributed by atoms with Crippen LogP contribution in [-0.2, 0) is 10.0 Å². The van der Waals surface area contributed by atoms with E-state index in [1.165, 1.54) is 4.31 Å². The minimum Gasteiger partial charge on any atom is -0.384 e. The summed E-state index contributed by atoms with van der Waals surface area (Å²) in [4.78, 5) is 0.189. The van der Waals surface area contributed by atoms with Gasteiger partial charge in [0, 0.05) is 19.2 Å². The van der Waals surface area contributed by atoms with Gasteiger partial charge in [-0.3, -0.25) is 0 Å². The van der Waals surface area contributed by atoms with Gasteiger partial charge in [-0.25, -0.2) is 12.7 Å². The quantitative estimate of drug-likeness (QED) is 0.831. The largest absolute Gasteiger partial charge is 0.384 e. The van der Waals surface area contributed by atoms with E-state index in [-0.39, 0.29) is 11.5 Å². The van der Waals surface area contributed by atoms with Gasteiger partial charge in [-0.15, -0.1) is 0 Å². The average Bonchev–Trinajstić information content (AvgIpc) is 2.42. The molecule has 0 spiro atoms. The maximum Gasteiger partial charge on any atom is 0.244 e. The molecule has 0 atom stereocenters. The first-order chi connectivity index (χ1) is 9.04. The van der Waals surface area contributed by atoms with E-state index in [0.29, 0.717) is 12.1 Å². The zero-order chi connectivity index (χ0) is 14.3. The molecule has 5 heteroatoms. The van der Waals surface area contributed by atoms with Crippen LogP contribution in [-0.4, -0.2) is 38.0 Å². The molecule has 0 saturated carbocycles. The SMILES string of the molecule is CCCCN(C)S(=O)(=O)c1ccccc1C#CCO. The van der Waals surface area contributed by atoms with Gasteiger partial charge in [0.25, 0.3) is 0 Å². The van der Waals surface area contributed by atoms with Crippen LogP contribution in [0.2, 0.25) is 0 Å². The highest BCUT2D eigenvalue weighted by Crippen LogP contribution is 2.18. The monoisotopic (exact) mass is 281 g/mol. The number of hydrogen-bond donors (Lipinski definition) is 1. The lowest BCUT2D eigenvalue weighted by Crippen LogP contribution is -2.28. The molecular formula is C14H19NO3S. The summed E-state index contributed by atoms with van der Waals surface area (Å²) in [6, 6.07) is 6.58. The molecule has 0 radical (unpaired) electrons. The third-order valence-electron chi connectivity index (χ3n) is 2.70. The number of hydrogen-bond acceptors (Lipinski definition) is 3. The van der Waals surface area contributed by atoms with Crippen molar-refractivity contribution in [2.75, 3.05) is 20.2 Å². The Kier molecular flexibility index (Phi) is 6.03. The molecule has 0 aliphatic rings. The number of sulfonamides is 1. The van der Waals surface area contributed by atoms with Crippen LogP contribution in [0.4, 0.5) is 0 Å². The lowest BCUT2D eigenvalue weighted by molar-refractivity contribution is 0.350. The number of aliphatic hydroxyl groups is 1. The van der Waals surface area contributed by atoms with Crippen molar-refractivity contribution in [3.05, 3.63) is 29.8 Å². The van der Waals surface area contributed by atoms with Gasteiger partial charge in [-0.2, -0.15) is 0 Å². The first-order valence-electron chi connectivity index (χ1n) is 6.19. The van der Waals surface area contributed by atoms with Gasteiger partial charge in [0.05, 0.1) is 4.90 Å². The Morgan fingerprint density at radius 2 is 2.00 bits per heavy atom. The maximum atomic E-state index is 12.4. The van der Waals surface area contributed by atoms with Crippen molar-refractivity contribution in [3.8, 4) is 11.8 Å². The molecular weight excluding hydrogens is 262 g/mol. The number of unbranched alkanes of at least 4 members (excludes halogenated alkanes) is 1. The first kappa shape index (κ1) is 15.7. The molecule has 4 nitrogen and oxygen atoms in total. The van der Waals surface area contributed by atoms with Crippen LogP contribution in [0.15, 0.2) is 29.2 Å². The average molecular weight is 281 g/mol. The van der Waals surface area contributed by atoms with Crippen molar-refractivity contribution >= 4 is 10.0 Å². The van der Waals surface area contributed by atoms with Gasteiger partial charge in [0.1, 0.15) is 6.61 Å². The second-order valence-corrected chi connectivity index (χ2v) is 6.15. The van der Waals surface area contributed by atoms with Crippen LogP contribution in [0.1, 0.15) is 25.3 Å². The molecule has 0 heterocycles. The number of rotatable bonds is 5. The number of benzene rings is 1. The van der Waals surface area contributed by atoms with Crippen LogP contribution in [0.25, 0.3) is 0 Å². The van der Waals surface area contributed by atoms with E-state index in [2.05, 4.69) is 11.8 Å². The Labute approximate surface area is 115 Å². The Morgan fingerprint density at radius 3 is 2.63 bits per heavy atom. The molecule has 0 amide bonds. The van der Waals surface area contributed by atoms with Crippen LogP contribution < -0.4 is 0 Å². The van der Waals surface area contributed by atoms with Crippen molar-refractivity contribution in [2.45, 2.75) is 24.7 Å². The lowest BCUT2D eigenvalue weighted by Gasteiger charge is -2.17. The summed E-state index contributed by atoms with van der Waals surface area (Å²) < 4.78 is 26.2. The normalized spacial score (nSPS) is 11.2. The van der Waals surface area contributed by atoms with E-state index in [1.807, 2.05) is 6.92 Å². The standard InChI is InChI=1S/C14H19NO3S/c1-3-4-11-15(2)19(17,18)14-10-6-5-8-13(14)9-7-12-16/h5-6,8,10,16H,3-4,11-12H2,1-2H3. The molecule has 0 aliphatic heterocycles. The highest BCUT2D eigenvalue weighted by Gasteiger charge is 2.22. The lowest BCUT2D eigenvalue weighted by atomic mass is 10.2. The summed E-state index contributed by atoms with van der Waals surface area (Å²) in [7, 11) is -1.95. The predicted molar refractivity (Wildman–Crippen MR) is 75.1 cm³/mol.